The number of hydrogen-bond donors (Lipinski definition) is 0. The average molecular weight is 195 g/mol. The van der Waals surface area contributed by atoms with E-state index in [-0.39, 0.29) is 0 Å². The zero-order chi connectivity index (χ0) is 3.58. The van der Waals surface area contributed by atoms with E-state index in [4.69, 9.17) is 22.0 Å². The first-order chi connectivity index (χ1) is 1.73. The molecule has 0 rings (SSSR count). The van der Waals surface area contributed by atoms with Gasteiger partial charge < -0.3 is 0 Å². The third-order valence-electron chi connectivity index (χ3n) is 0. The summed E-state index contributed by atoms with van der Waals surface area (Å²) in [6.07, 6.45) is 0. The van der Waals surface area contributed by atoms with Crippen LogP contribution >= 0.6 is 22.0 Å². The van der Waals surface area contributed by atoms with Gasteiger partial charge in [-0.3, -0.25) is 0 Å². The van der Waals surface area contributed by atoms with Crippen molar-refractivity contribution >= 4 is 22.0 Å². The van der Waals surface area contributed by atoms with E-state index in [1.807, 2.05) is 0 Å². The predicted molar refractivity (Wildman–Crippen MR) is 17.6 cm³/mol. The third-order valence-corrected chi connectivity index (χ3v) is 0. The van der Waals surface area contributed by atoms with Gasteiger partial charge >= 0.3 is 45.3 Å². The summed E-state index contributed by atoms with van der Waals surface area (Å²) in [6.45, 7) is 0. The number of hydrogen-bond acceptors (Lipinski definition) is 0. The minimum atomic E-state index is -2.22. The van der Waals surface area contributed by atoms with Crippen LogP contribution in [0.1, 0.15) is 0 Å². The first kappa shape index (κ1) is 5.97. The summed E-state index contributed by atoms with van der Waals surface area (Å²) < 4.78 is 0. The van der Waals surface area contributed by atoms with Gasteiger partial charge in [0.25, 0.3) is 0 Å². The van der Waals surface area contributed by atoms with Gasteiger partial charge in [-0.2, -0.15) is 0 Å². The topological polar surface area (TPSA) is 0 Å². The van der Waals surface area contributed by atoms with Crippen molar-refractivity contribution in [2.75, 3.05) is 0 Å². The molecule has 0 unspecified atom stereocenters. The molecule has 0 aliphatic carbocycles. The van der Waals surface area contributed by atoms with Crippen molar-refractivity contribution in [3.63, 3.8) is 0 Å². The SMILES string of the molecule is [Cl][Y]([Cl])[Cl]. The fourth-order valence-electron chi connectivity index (χ4n) is 0. The molecule has 0 aliphatic heterocycles. The van der Waals surface area contributed by atoms with E-state index in [0.717, 1.165) is 0 Å². The Kier molecular flexibility index (Phi) is 4.74. The molecule has 0 fully saturated rings. The molecule has 0 radical (unpaired) electrons. The van der Waals surface area contributed by atoms with Crippen LogP contribution in [0, 0.1) is 0 Å². The molecule has 0 aromatic carbocycles. The van der Waals surface area contributed by atoms with Crippen LogP contribution in [-0.4, -0.2) is 0 Å². The van der Waals surface area contributed by atoms with Crippen LogP contribution in [0.15, 0.2) is 0 Å². The van der Waals surface area contributed by atoms with E-state index in [0.29, 0.717) is 0 Å². The van der Waals surface area contributed by atoms with Crippen LogP contribution in [0.2, 0.25) is 0 Å². The standard InChI is InChI=1S/3ClH.Y/h3*1H;/q;;;+3/p-3. The zero-order valence-electron chi connectivity index (χ0n) is 1.71. The molecule has 24 valence electrons. The maximum absolute atomic E-state index is 5.02. The van der Waals surface area contributed by atoms with Gasteiger partial charge in [-0.1, -0.05) is 0 Å². The van der Waals surface area contributed by atoms with E-state index in [9.17, 15) is 0 Å². The molecule has 0 saturated heterocycles. The zero-order valence-corrected chi connectivity index (χ0v) is 6.82. The van der Waals surface area contributed by atoms with Crippen LogP contribution in [0.25, 0.3) is 0 Å². The number of rotatable bonds is 0. The average Bonchev–Trinajstić information content (AvgIpc) is 0.811. The van der Waals surface area contributed by atoms with Crippen molar-refractivity contribution < 1.29 is 23.3 Å². The maximum atomic E-state index is 5.02. The van der Waals surface area contributed by atoms with Gasteiger partial charge in [0.2, 0.25) is 0 Å². The Bertz CT molecular complexity index is 8.00. The van der Waals surface area contributed by atoms with Crippen LogP contribution in [0.5, 0.6) is 0 Å². The summed E-state index contributed by atoms with van der Waals surface area (Å²) >= 11 is -2.22. The molecule has 0 heterocycles. The Morgan fingerprint density at radius 2 is 1.00 bits per heavy atom. The fourth-order valence-corrected chi connectivity index (χ4v) is 0. The molecule has 0 aromatic rings. The van der Waals surface area contributed by atoms with Gasteiger partial charge in [0, 0.05) is 0 Å². The van der Waals surface area contributed by atoms with Crippen molar-refractivity contribution in [2.45, 2.75) is 0 Å². The van der Waals surface area contributed by atoms with Crippen molar-refractivity contribution in [2.24, 2.45) is 0 Å². The van der Waals surface area contributed by atoms with E-state index in [1.165, 1.54) is 0 Å². The van der Waals surface area contributed by atoms with Gasteiger partial charge in [-0.15, -0.1) is 0 Å². The first-order valence-corrected chi connectivity index (χ1v) is 11.6. The van der Waals surface area contributed by atoms with Crippen LogP contribution in [0.4, 0.5) is 0 Å². The van der Waals surface area contributed by atoms with Gasteiger partial charge in [0.15, 0.2) is 0 Å². The Morgan fingerprint density at radius 1 is 1.00 bits per heavy atom. The molecule has 0 amide bonds. The molecule has 0 aromatic heterocycles. The quantitative estimate of drug-likeness (QED) is 0.555. The summed E-state index contributed by atoms with van der Waals surface area (Å²) in [5.41, 5.74) is 0. The molecule has 4 heavy (non-hydrogen) atoms. The predicted octanol–water partition coefficient (Wildman–Crippen LogP) is 2.07. The third kappa shape index (κ3) is 9.02. The Hall–Kier alpha value is 1.97. The molecular weight excluding hydrogens is 195 g/mol. The van der Waals surface area contributed by atoms with Crippen LogP contribution in [-0.2, 0) is 23.3 Å². The van der Waals surface area contributed by atoms with E-state index >= 15 is 0 Å². The van der Waals surface area contributed by atoms with E-state index in [1.54, 1.807) is 0 Å². The molecule has 0 atom stereocenters. The van der Waals surface area contributed by atoms with Crippen molar-refractivity contribution in [1.29, 1.82) is 0 Å². The first-order valence-electron chi connectivity index (χ1n) is 0.655. The van der Waals surface area contributed by atoms with Gasteiger partial charge in [-0.25, -0.2) is 0 Å². The number of halogens is 3. The van der Waals surface area contributed by atoms with Gasteiger partial charge in [0.1, 0.15) is 0 Å². The summed E-state index contributed by atoms with van der Waals surface area (Å²) in [5, 5.41) is 0. The molecule has 0 spiro atoms. The second-order valence-electron chi connectivity index (χ2n) is 0.247. The molecular formula is Cl3Y. The molecule has 0 bridgehead atoms. The second-order valence-corrected chi connectivity index (χ2v) is 13.2. The summed E-state index contributed by atoms with van der Waals surface area (Å²) in [5.74, 6) is 0. The minimum absolute atomic E-state index is 2.22. The van der Waals surface area contributed by atoms with Crippen LogP contribution in [0.3, 0.4) is 0 Å². The van der Waals surface area contributed by atoms with Crippen LogP contribution < -0.4 is 0 Å². The monoisotopic (exact) mass is 194 g/mol. The molecule has 4 heteroatoms. The molecule has 0 aliphatic rings. The molecule has 0 N–H and O–H groups in total. The van der Waals surface area contributed by atoms with Crippen molar-refractivity contribution in [1.82, 2.24) is 0 Å². The molecule has 0 saturated carbocycles. The summed E-state index contributed by atoms with van der Waals surface area (Å²) in [6, 6.07) is 0. The second kappa shape index (κ2) is 3.17. The fraction of sp³-hybridized carbons (Fsp3) is 0. The van der Waals surface area contributed by atoms with Crippen molar-refractivity contribution in [3.05, 3.63) is 0 Å². The van der Waals surface area contributed by atoms with Gasteiger partial charge in [-0.05, 0) is 0 Å². The summed E-state index contributed by atoms with van der Waals surface area (Å²) in [4.78, 5) is 0. The van der Waals surface area contributed by atoms with E-state index in [2.05, 4.69) is 0 Å². The Morgan fingerprint density at radius 3 is 1.00 bits per heavy atom. The van der Waals surface area contributed by atoms with E-state index < -0.39 is 23.3 Å². The van der Waals surface area contributed by atoms with Gasteiger partial charge in [0.05, 0.1) is 0 Å². The summed E-state index contributed by atoms with van der Waals surface area (Å²) in [7, 11) is 15.0. The Balaban J connectivity index is 2.32. The Labute approximate surface area is 44.6 Å². The molecule has 0 nitrogen and oxygen atoms in total. The van der Waals surface area contributed by atoms with Crippen molar-refractivity contribution in [3.8, 4) is 0 Å². The normalized spacial score (nSPS) is 6.75.